The minimum Gasteiger partial charge on any atom is -0.375 e. The highest BCUT2D eigenvalue weighted by molar-refractivity contribution is 7.23. The zero-order valence-corrected chi connectivity index (χ0v) is 23.9. The third-order valence-corrected chi connectivity index (χ3v) is 8.33. The molecule has 0 aliphatic carbocycles. The van der Waals surface area contributed by atoms with Crippen LogP contribution in [0.3, 0.4) is 0 Å². The van der Waals surface area contributed by atoms with Crippen LogP contribution in [-0.4, -0.2) is 28.0 Å². The number of rotatable bonds is 8. The highest BCUT2D eigenvalue weighted by Crippen LogP contribution is 2.39. The lowest BCUT2D eigenvalue weighted by Crippen LogP contribution is -2.25. The molecule has 0 saturated carbocycles. The highest BCUT2D eigenvalue weighted by atomic mass is 35.5. The second kappa shape index (κ2) is 12.5. The normalized spacial score (nSPS) is 11.8. The lowest BCUT2D eigenvalue weighted by Gasteiger charge is -2.25. The predicted molar refractivity (Wildman–Crippen MR) is 162 cm³/mol. The van der Waals surface area contributed by atoms with Crippen LogP contribution in [0.4, 0.5) is 16.5 Å². The quantitative estimate of drug-likeness (QED) is 0.149. The number of fused-ring (bicyclic) bond motifs is 2. The average molecular weight is 568 g/mol. The van der Waals surface area contributed by atoms with E-state index in [-0.39, 0.29) is 5.69 Å². The minimum atomic E-state index is -0.434. The molecule has 5 aromatic rings. The molecule has 38 heavy (non-hydrogen) atoms. The first kappa shape index (κ1) is 27.8. The van der Waals surface area contributed by atoms with Crippen molar-refractivity contribution in [2.45, 2.75) is 39.5 Å². The Kier molecular flexibility index (Phi) is 9.14. The SMILES string of the molecule is CCCN(CCC)c1ccc(C(C)c2ccccc2)c2nc(N)sc12.O=[N+]([O-])c1cccc2nc(Cl)sc12. The highest BCUT2D eigenvalue weighted by Gasteiger charge is 2.19. The molecule has 2 aromatic heterocycles. The van der Waals surface area contributed by atoms with E-state index in [2.05, 4.69) is 73.1 Å². The van der Waals surface area contributed by atoms with Crippen LogP contribution in [0.5, 0.6) is 0 Å². The van der Waals surface area contributed by atoms with Gasteiger partial charge in [0.2, 0.25) is 0 Å². The Hall–Kier alpha value is -3.27. The molecule has 3 aromatic carbocycles. The number of thiazole rings is 2. The summed E-state index contributed by atoms with van der Waals surface area (Å²) in [5.41, 5.74) is 11.6. The van der Waals surface area contributed by atoms with E-state index >= 15 is 0 Å². The molecule has 0 bridgehead atoms. The molecule has 2 heterocycles. The van der Waals surface area contributed by atoms with Crippen molar-refractivity contribution >= 4 is 71.2 Å². The number of nitro groups is 1. The second-order valence-corrected chi connectivity index (χ2v) is 11.5. The Morgan fingerprint density at radius 2 is 1.68 bits per heavy atom. The van der Waals surface area contributed by atoms with Crippen molar-refractivity contribution in [1.29, 1.82) is 0 Å². The molecule has 0 fully saturated rings. The summed E-state index contributed by atoms with van der Waals surface area (Å²) in [7, 11) is 0. The largest absolute Gasteiger partial charge is 0.375 e. The maximum Gasteiger partial charge on any atom is 0.288 e. The number of nitrogen functional groups attached to an aromatic ring is 1. The molecule has 0 spiro atoms. The molecule has 10 heteroatoms. The summed E-state index contributed by atoms with van der Waals surface area (Å²) in [4.78, 5) is 21.2. The van der Waals surface area contributed by atoms with Gasteiger partial charge in [-0.2, -0.15) is 0 Å². The topological polar surface area (TPSA) is 98.2 Å². The van der Waals surface area contributed by atoms with Crippen LogP contribution in [0, 0.1) is 10.1 Å². The average Bonchev–Trinajstić information content (AvgIpc) is 3.49. The lowest BCUT2D eigenvalue weighted by atomic mass is 9.92. The minimum absolute atomic E-state index is 0.0573. The van der Waals surface area contributed by atoms with Crippen molar-refractivity contribution in [2.75, 3.05) is 23.7 Å². The summed E-state index contributed by atoms with van der Waals surface area (Å²) in [6.07, 6.45) is 2.27. The number of non-ortho nitro benzene ring substituents is 1. The van der Waals surface area contributed by atoms with E-state index in [1.807, 2.05) is 0 Å². The first-order valence-electron chi connectivity index (χ1n) is 12.5. The fourth-order valence-corrected chi connectivity index (χ4v) is 6.50. The van der Waals surface area contributed by atoms with Crippen LogP contribution < -0.4 is 10.6 Å². The number of hydrogen-bond donors (Lipinski definition) is 1. The zero-order valence-electron chi connectivity index (χ0n) is 21.6. The van der Waals surface area contributed by atoms with Gasteiger partial charge in [0.25, 0.3) is 5.69 Å². The molecule has 0 radical (unpaired) electrons. The van der Waals surface area contributed by atoms with Gasteiger partial charge in [-0.1, -0.05) is 97.5 Å². The van der Waals surface area contributed by atoms with E-state index in [0.29, 0.717) is 25.7 Å². The first-order chi connectivity index (χ1) is 18.3. The first-order valence-corrected chi connectivity index (χ1v) is 14.5. The fourth-order valence-electron chi connectivity index (χ4n) is 4.49. The van der Waals surface area contributed by atoms with Gasteiger partial charge >= 0.3 is 0 Å². The summed E-state index contributed by atoms with van der Waals surface area (Å²) in [6.45, 7) is 8.83. The molecular weight excluding hydrogens is 538 g/mol. The van der Waals surface area contributed by atoms with E-state index in [0.717, 1.165) is 42.8 Å². The maximum atomic E-state index is 10.6. The van der Waals surface area contributed by atoms with E-state index in [1.165, 1.54) is 27.6 Å². The van der Waals surface area contributed by atoms with Crippen molar-refractivity contribution in [3.63, 3.8) is 0 Å². The van der Waals surface area contributed by atoms with Gasteiger partial charge in [-0.15, -0.1) is 0 Å². The summed E-state index contributed by atoms with van der Waals surface area (Å²) >= 11 is 8.37. The molecule has 1 unspecified atom stereocenters. The van der Waals surface area contributed by atoms with E-state index < -0.39 is 4.92 Å². The molecule has 0 aliphatic heterocycles. The number of nitrogens with two attached hydrogens (primary N) is 1. The Bertz CT molecular complexity index is 1530. The molecular formula is C28H30ClN5O2S2. The lowest BCUT2D eigenvalue weighted by molar-refractivity contribution is -0.382. The molecule has 2 N–H and O–H groups in total. The van der Waals surface area contributed by atoms with E-state index in [4.69, 9.17) is 22.3 Å². The van der Waals surface area contributed by atoms with Gasteiger partial charge in [-0.05, 0) is 36.1 Å². The number of anilines is 2. The zero-order chi connectivity index (χ0) is 27.2. The number of aromatic nitrogens is 2. The third kappa shape index (κ3) is 6.06. The summed E-state index contributed by atoms with van der Waals surface area (Å²) in [5.74, 6) is 0.296. The molecule has 5 rings (SSSR count). The van der Waals surface area contributed by atoms with Gasteiger partial charge in [0.05, 0.1) is 26.3 Å². The Balaban J connectivity index is 0.000000216. The van der Waals surface area contributed by atoms with Crippen molar-refractivity contribution in [2.24, 2.45) is 0 Å². The molecule has 0 aliphatic rings. The molecule has 7 nitrogen and oxygen atoms in total. The Morgan fingerprint density at radius 3 is 2.34 bits per heavy atom. The maximum absolute atomic E-state index is 10.6. The summed E-state index contributed by atoms with van der Waals surface area (Å²) in [5, 5.41) is 11.2. The van der Waals surface area contributed by atoms with Crippen molar-refractivity contribution < 1.29 is 4.92 Å². The van der Waals surface area contributed by atoms with E-state index in [9.17, 15) is 10.1 Å². The van der Waals surface area contributed by atoms with Crippen LogP contribution in [0.2, 0.25) is 4.47 Å². The van der Waals surface area contributed by atoms with Gasteiger partial charge in [-0.3, -0.25) is 10.1 Å². The molecule has 198 valence electrons. The second-order valence-electron chi connectivity index (χ2n) is 8.87. The molecule has 0 saturated heterocycles. The Labute approximate surface area is 235 Å². The third-order valence-electron chi connectivity index (χ3n) is 6.23. The van der Waals surface area contributed by atoms with Crippen molar-refractivity contribution in [3.05, 3.63) is 86.4 Å². The molecule has 1 atom stereocenters. The van der Waals surface area contributed by atoms with Crippen LogP contribution in [0.25, 0.3) is 20.4 Å². The van der Waals surface area contributed by atoms with Gasteiger partial charge in [0.15, 0.2) is 9.60 Å². The standard InChI is InChI=1S/C21H27N3S.C7H3ClN2O2S/c1-4-13-24(14-5-2)18-12-11-17(19-20(18)25-21(22)23-19)15(3)16-9-7-6-8-10-16;8-7-9-4-2-1-3-5(10(11)12)6(4)13-7/h6-12,15H,4-5,13-14H2,1-3H3,(H2,22,23);1-3H. The van der Waals surface area contributed by atoms with Crippen LogP contribution >= 0.6 is 34.3 Å². The number of halogens is 1. The fraction of sp³-hybridized carbons (Fsp3) is 0.286. The van der Waals surface area contributed by atoms with Gasteiger partial charge < -0.3 is 10.6 Å². The number of hydrogen-bond acceptors (Lipinski definition) is 8. The van der Waals surface area contributed by atoms with Gasteiger partial charge in [-0.25, -0.2) is 9.97 Å². The number of benzene rings is 3. The number of nitro benzene ring substituents is 1. The van der Waals surface area contributed by atoms with Crippen LogP contribution in [0.15, 0.2) is 60.7 Å². The van der Waals surface area contributed by atoms with Gasteiger partial charge in [0, 0.05) is 25.1 Å². The van der Waals surface area contributed by atoms with Gasteiger partial charge in [0.1, 0.15) is 4.70 Å². The monoisotopic (exact) mass is 567 g/mol. The predicted octanol–water partition coefficient (Wildman–Crippen LogP) is 8.51. The summed E-state index contributed by atoms with van der Waals surface area (Å²) < 4.78 is 2.07. The van der Waals surface area contributed by atoms with Crippen molar-refractivity contribution in [3.8, 4) is 0 Å². The van der Waals surface area contributed by atoms with Crippen LogP contribution in [-0.2, 0) is 0 Å². The smallest absolute Gasteiger partial charge is 0.288 e. The van der Waals surface area contributed by atoms with Crippen molar-refractivity contribution in [1.82, 2.24) is 9.97 Å². The van der Waals surface area contributed by atoms with E-state index in [1.54, 1.807) is 23.5 Å². The van der Waals surface area contributed by atoms with Crippen LogP contribution in [0.1, 0.15) is 50.7 Å². The summed E-state index contributed by atoms with van der Waals surface area (Å²) in [6, 6.07) is 19.9. The molecule has 0 amide bonds. The Morgan fingerprint density at radius 1 is 0.974 bits per heavy atom. The number of nitrogens with zero attached hydrogens (tertiary/aromatic N) is 4.